The van der Waals surface area contributed by atoms with E-state index in [2.05, 4.69) is 0 Å². The van der Waals surface area contributed by atoms with E-state index in [1.165, 1.54) is 6.07 Å². The molecule has 0 aromatic heterocycles. The average Bonchev–Trinajstić information content (AvgIpc) is 2.47. The molecule has 2 rings (SSSR count). The second-order valence-corrected chi connectivity index (χ2v) is 5.44. The molecule has 5 nitrogen and oxygen atoms in total. The zero-order valence-electron chi connectivity index (χ0n) is 11.6. The third-order valence-electron chi connectivity index (χ3n) is 3.82. The van der Waals surface area contributed by atoms with E-state index in [1.807, 2.05) is 0 Å². The van der Waals surface area contributed by atoms with Crippen molar-refractivity contribution in [1.29, 1.82) is 0 Å². The minimum Gasteiger partial charge on any atom is -0.393 e. The first-order valence-corrected chi connectivity index (χ1v) is 7.06. The molecule has 1 aliphatic rings. The van der Waals surface area contributed by atoms with Gasteiger partial charge in [-0.05, 0) is 24.5 Å². The van der Waals surface area contributed by atoms with Gasteiger partial charge in [0.05, 0.1) is 18.8 Å². The summed E-state index contributed by atoms with van der Waals surface area (Å²) in [6.45, 7) is -0.0804. The molecular formula is C15H21FO5. The van der Waals surface area contributed by atoms with Crippen molar-refractivity contribution in [1.82, 2.24) is 0 Å². The molecule has 0 unspecified atom stereocenters. The van der Waals surface area contributed by atoms with Crippen LogP contribution < -0.4 is 0 Å². The van der Waals surface area contributed by atoms with Gasteiger partial charge in [-0.1, -0.05) is 18.2 Å². The Morgan fingerprint density at radius 2 is 1.90 bits per heavy atom. The van der Waals surface area contributed by atoms with Crippen LogP contribution in [0.15, 0.2) is 24.3 Å². The molecule has 5 atom stereocenters. The number of aliphatic hydroxyl groups is 4. The zero-order valence-corrected chi connectivity index (χ0v) is 11.6. The van der Waals surface area contributed by atoms with Crippen LogP contribution in [0.4, 0.5) is 4.39 Å². The summed E-state index contributed by atoms with van der Waals surface area (Å²) in [5.41, 5.74) is 0.525. The zero-order chi connectivity index (χ0) is 15.4. The van der Waals surface area contributed by atoms with E-state index in [-0.39, 0.29) is 18.8 Å². The standard InChI is InChI=1S/C15H21FO5/c16-11-4-2-1-3-9(11)5-6-10(17)7-13-15(20)14(19)12(18)8-21-13/h1-4,10,12-15,17-20H,5-8H2/t10-,12-,13+,14+,15+/m1/s1. The molecule has 1 aromatic rings. The first-order valence-electron chi connectivity index (χ1n) is 7.06. The molecule has 0 aliphatic carbocycles. The van der Waals surface area contributed by atoms with E-state index in [9.17, 15) is 24.8 Å². The lowest BCUT2D eigenvalue weighted by molar-refractivity contribution is -0.193. The molecule has 0 bridgehead atoms. The van der Waals surface area contributed by atoms with Gasteiger partial charge in [0.15, 0.2) is 0 Å². The first-order chi connectivity index (χ1) is 9.99. The summed E-state index contributed by atoms with van der Waals surface area (Å²) in [6, 6.07) is 6.37. The topological polar surface area (TPSA) is 90.2 Å². The third kappa shape index (κ3) is 4.21. The van der Waals surface area contributed by atoms with E-state index in [0.29, 0.717) is 18.4 Å². The van der Waals surface area contributed by atoms with E-state index in [0.717, 1.165) is 0 Å². The number of ether oxygens (including phenoxy) is 1. The Hall–Kier alpha value is -1.05. The van der Waals surface area contributed by atoms with Crippen LogP contribution in [0.1, 0.15) is 18.4 Å². The summed E-state index contributed by atoms with van der Waals surface area (Å²) >= 11 is 0. The van der Waals surface area contributed by atoms with Gasteiger partial charge in [0.1, 0.15) is 24.1 Å². The predicted octanol–water partition coefficient (Wildman–Crippen LogP) is -0.00920. The van der Waals surface area contributed by atoms with Crippen molar-refractivity contribution in [3.05, 3.63) is 35.6 Å². The van der Waals surface area contributed by atoms with Gasteiger partial charge in [0, 0.05) is 6.42 Å². The van der Waals surface area contributed by atoms with Crippen LogP contribution in [0.2, 0.25) is 0 Å². The lowest BCUT2D eigenvalue weighted by Crippen LogP contribution is -2.53. The summed E-state index contributed by atoms with van der Waals surface area (Å²) < 4.78 is 18.7. The monoisotopic (exact) mass is 300 g/mol. The van der Waals surface area contributed by atoms with Crippen molar-refractivity contribution in [3.8, 4) is 0 Å². The molecule has 0 amide bonds. The predicted molar refractivity (Wildman–Crippen MR) is 73.1 cm³/mol. The summed E-state index contributed by atoms with van der Waals surface area (Å²) in [5, 5.41) is 38.7. The Labute approximate surface area is 122 Å². The van der Waals surface area contributed by atoms with Crippen LogP contribution in [-0.4, -0.2) is 57.6 Å². The number of rotatable bonds is 5. The fourth-order valence-corrected chi connectivity index (χ4v) is 2.48. The number of benzene rings is 1. The van der Waals surface area contributed by atoms with Crippen LogP contribution in [0, 0.1) is 5.82 Å². The van der Waals surface area contributed by atoms with Crippen molar-refractivity contribution in [3.63, 3.8) is 0 Å². The Kier molecular flexibility index (Phi) is 5.66. The van der Waals surface area contributed by atoms with E-state index in [1.54, 1.807) is 18.2 Å². The number of hydrogen-bond acceptors (Lipinski definition) is 5. The van der Waals surface area contributed by atoms with Crippen LogP contribution in [-0.2, 0) is 11.2 Å². The van der Waals surface area contributed by atoms with Crippen molar-refractivity contribution in [2.75, 3.05) is 6.61 Å². The molecule has 1 fully saturated rings. The molecule has 0 radical (unpaired) electrons. The highest BCUT2D eigenvalue weighted by Gasteiger charge is 2.38. The minimum atomic E-state index is -1.28. The quantitative estimate of drug-likeness (QED) is 0.614. The molecule has 1 saturated heterocycles. The summed E-state index contributed by atoms with van der Waals surface area (Å²) in [7, 11) is 0. The molecule has 1 aromatic carbocycles. The molecule has 4 N–H and O–H groups in total. The Balaban J connectivity index is 1.82. The van der Waals surface area contributed by atoms with Crippen LogP contribution in [0.3, 0.4) is 0 Å². The third-order valence-corrected chi connectivity index (χ3v) is 3.82. The highest BCUT2D eigenvalue weighted by atomic mass is 19.1. The van der Waals surface area contributed by atoms with Crippen molar-refractivity contribution >= 4 is 0 Å². The second kappa shape index (κ2) is 7.29. The SMILES string of the molecule is O[C@H](CCc1ccccc1F)C[C@@H]1OC[C@@H](O)[C@H](O)[C@H]1O. The lowest BCUT2D eigenvalue weighted by atomic mass is 9.94. The molecule has 6 heteroatoms. The van der Waals surface area contributed by atoms with Gasteiger partial charge >= 0.3 is 0 Å². The van der Waals surface area contributed by atoms with Crippen molar-refractivity contribution in [2.45, 2.75) is 49.8 Å². The van der Waals surface area contributed by atoms with Gasteiger partial charge in [-0.2, -0.15) is 0 Å². The summed E-state index contributed by atoms with van der Waals surface area (Å²) in [5.74, 6) is -0.308. The van der Waals surface area contributed by atoms with Gasteiger partial charge < -0.3 is 25.2 Å². The second-order valence-electron chi connectivity index (χ2n) is 5.44. The fourth-order valence-electron chi connectivity index (χ4n) is 2.48. The number of hydrogen-bond donors (Lipinski definition) is 4. The molecule has 21 heavy (non-hydrogen) atoms. The van der Waals surface area contributed by atoms with Gasteiger partial charge in [-0.15, -0.1) is 0 Å². The van der Waals surface area contributed by atoms with Gasteiger partial charge in [0.2, 0.25) is 0 Å². The largest absolute Gasteiger partial charge is 0.393 e. The maximum atomic E-state index is 13.4. The normalized spacial score (nSPS) is 31.1. The molecule has 1 aliphatic heterocycles. The van der Waals surface area contributed by atoms with E-state index >= 15 is 0 Å². The summed E-state index contributed by atoms with van der Waals surface area (Å²) in [6.07, 6.45) is -4.33. The number of aliphatic hydroxyl groups excluding tert-OH is 4. The van der Waals surface area contributed by atoms with E-state index in [4.69, 9.17) is 4.74 Å². The first kappa shape index (κ1) is 16.3. The molecule has 0 saturated carbocycles. The Morgan fingerprint density at radius 3 is 2.62 bits per heavy atom. The van der Waals surface area contributed by atoms with Gasteiger partial charge in [-0.25, -0.2) is 4.39 Å². The van der Waals surface area contributed by atoms with Crippen LogP contribution in [0.5, 0.6) is 0 Å². The average molecular weight is 300 g/mol. The van der Waals surface area contributed by atoms with Crippen LogP contribution in [0.25, 0.3) is 0 Å². The maximum Gasteiger partial charge on any atom is 0.126 e. The highest BCUT2D eigenvalue weighted by molar-refractivity contribution is 5.17. The van der Waals surface area contributed by atoms with Gasteiger partial charge in [0.25, 0.3) is 0 Å². The number of aryl methyl sites for hydroxylation is 1. The highest BCUT2D eigenvalue weighted by Crippen LogP contribution is 2.21. The van der Waals surface area contributed by atoms with E-state index < -0.39 is 30.5 Å². The van der Waals surface area contributed by atoms with Gasteiger partial charge in [-0.3, -0.25) is 0 Å². The smallest absolute Gasteiger partial charge is 0.126 e. The Bertz CT molecular complexity index is 455. The van der Waals surface area contributed by atoms with Crippen molar-refractivity contribution in [2.24, 2.45) is 0 Å². The van der Waals surface area contributed by atoms with Crippen molar-refractivity contribution < 1.29 is 29.6 Å². The molecular weight excluding hydrogens is 279 g/mol. The minimum absolute atomic E-state index is 0.0804. The lowest BCUT2D eigenvalue weighted by Gasteiger charge is -2.36. The molecule has 1 heterocycles. The Morgan fingerprint density at radius 1 is 1.19 bits per heavy atom. The molecule has 0 spiro atoms. The summed E-state index contributed by atoms with van der Waals surface area (Å²) in [4.78, 5) is 0. The fraction of sp³-hybridized carbons (Fsp3) is 0.600. The van der Waals surface area contributed by atoms with Crippen LogP contribution >= 0.6 is 0 Å². The maximum absolute atomic E-state index is 13.4. The number of halogens is 1. The molecule has 118 valence electrons.